The van der Waals surface area contributed by atoms with Gasteiger partial charge in [-0.1, -0.05) is 0 Å². The minimum absolute atomic E-state index is 0.396. The summed E-state index contributed by atoms with van der Waals surface area (Å²) in [5, 5.41) is 7.34. The Morgan fingerprint density at radius 2 is 2.11 bits per heavy atom. The first-order valence-electron chi connectivity index (χ1n) is 5.55. The van der Waals surface area contributed by atoms with Crippen LogP contribution in [0.15, 0.2) is 52.2 Å². The first-order chi connectivity index (χ1) is 9.28. The molecule has 5 nitrogen and oxygen atoms in total. The van der Waals surface area contributed by atoms with Crippen molar-refractivity contribution in [1.29, 1.82) is 0 Å². The fourth-order valence-corrected chi connectivity index (χ4v) is 1.52. The lowest BCUT2D eigenvalue weighted by atomic mass is 10.3. The van der Waals surface area contributed by atoms with E-state index in [1.165, 1.54) is 0 Å². The summed E-state index contributed by atoms with van der Waals surface area (Å²) in [5.74, 6) is 1.44. The molecule has 19 heavy (non-hydrogen) atoms. The van der Waals surface area contributed by atoms with E-state index in [1.54, 1.807) is 31.7 Å². The Hall–Kier alpha value is -2.34. The first kappa shape index (κ1) is 13.1. The van der Waals surface area contributed by atoms with Crippen molar-refractivity contribution >= 4 is 29.2 Å². The molecule has 0 aliphatic carbocycles. The summed E-state index contributed by atoms with van der Waals surface area (Å²) < 4.78 is 10.2. The van der Waals surface area contributed by atoms with E-state index in [9.17, 15) is 0 Å². The Bertz CT molecular complexity index is 550. The van der Waals surface area contributed by atoms with Crippen LogP contribution in [-0.2, 0) is 0 Å². The number of hydrogen-bond acceptors (Lipinski definition) is 4. The van der Waals surface area contributed by atoms with Gasteiger partial charge in [0, 0.05) is 5.69 Å². The zero-order valence-corrected chi connectivity index (χ0v) is 11.1. The second kappa shape index (κ2) is 6.55. The lowest BCUT2D eigenvalue weighted by molar-refractivity contribution is 0.415. The minimum Gasteiger partial charge on any atom is -0.497 e. The molecular weight excluding hydrogens is 262 g/mol. The summed E-state index contributed by atoms with van der Waals surface area (Å²) in [7, 11) is 1.62. The molecule has 2 aromatic rings. The van der Waals surface area contributed by atoms with Crippen molar-refractivity contribution in [2.75, 3.05) is 12.4 Å². The average molecular weight is 275 g/mol. The number of nitrogens with one attached hydrogen (secondary N) is 2. The van der Waals surface area contributed by atoms with Gasteiger partial charge < -0.3 is 14.5 Å². The maximum atomic E-state index is 5.09. The maximum Gasteiger partial charge on any atom is 0.191 e. The van der Waals surface area contributed by atoms with E-state index in [2.05, 4.69) is 15.8 Å². The highest BCUT2D eigenvalue weighted by molar-refractivity contribution is 7.80. The van der Waals surface area contributed by atoms with Crippen molar-refractivity contribution in [3.05, 3.63) is 48.4 Å². The van der Waals surface area contributed by atoms with E-state index in [4.69, 9.17) is 21.4 Å². The summed E-state index contributed by atoms with van der Waals surface area (Å²) >= 11 is 5.09. The third kappa shape index (κ3) is 4.11. The molecule has 0 bridgehead atoms. The van der Waals surface area contributed by atoms with E-state index < -0.39 is 0 Å². The fourth-order valence-electron chi connectivity index (χ4n) is 1.35. The van der Waals surface area contributed by atoms with Gasteiger partial charge in [0.15, 0.2) is 5.11 Å². The first-order valence-corrected chi connectivity index (χ1v) is 5.96. The molecule has 1 heterocycles. The standard InChI is InChI=1S/C13H13N3O2S/c1-17-11-6-4-10(5-7-11)15-13(19)16-14-9-12-3-2-8-18-12/h2-9H,1H3,(H2,15,16,19)/b14-9+. The number of nitrogens with zero attached hydrogens (tertiary/aromatic N) is 1. The average Bonchev–Trinajstić information content (AvgIpc) is 2.93. The van der Waals surface area contributed by atoms with Crippen molar-refractivity contribution in [3.63, 3.8) is 0 Å². The van der Waals surface area contributed by atoms with Gasteiger partial charge in [0.25, 0.3) is 0 Å². The summed E-state index contributed by atoms with van der Waals surface area (Å²) in [6.45, 7) is 0. The van der Waals surface area contributed by atoms with Crippen LogP contribution < -0.4 is 15.5 Å². The quantitative estimate of drug-likeness (QED) is 0.510. The number of rotatable bonds is 4. The molecule has 1 aromatic heterocycles. The Balaban J connectivity index is 1.83. The summed E-state index contributed by atoms with van der Waals surface area (Å²) in [4.78, 5) is 0. The molecule has 0 amide bonds. The monoisotopic (exact) mass is 275 g/mol. The molecule has 0 unspecified atom stereocenters. The number of thiocarbonyl (C=S) groups is 1. The number of hydrogen-bond donors (Lipinski definition) is 2. The van der Waals surface area contributed by atoms with Crippen LogP contribution >= 0.6 is 12.2 Å². The van der Waals surface area contributed by atoms with Crippen molar-refractivity contribution < 1.29 is 9.15 Å². The molecule has 0 saturated heterocycles. The van der Waals surface area contributed by atoms with Gasteiger partial charge >= 0.3 is 0 Å². The zero-order valence-electron chi connectivity index (χ0n) is 10.3. The Labute approximate surface area is 116 Å². The van der Waals surface area contributed by atoms with E-state index >= 15 is 0 Å². The molecule has 6 heteroatoms. The van der Waals surface area contributed by atoms with E-state index in [-0.39, 0.29) is 0 Å². The SMILES string of the molecule is COc1ccc(NC(=S)N/N=C/c2ccco2)cc1. The zero-order chi connectivity index (χ0) is 13.5. The Kier molecular flexibility index (Phi) is 4.52. The summed E-state index contributed by atoms with van der Waals surface area (Å²) in [5.41, 5.74) is 3.55. The van der Waals surface area contributed by atoms with Crippen LogP contribution in [0, 0.1) is 0 Å². The number of ether oxygens (including phenoxy) is 1. The highest BCUT2D eigenvalue weighted by atomic mass is 32.1. The van der Waals surface area contributed by atoms with Crippen molar-refractivity contribution in [2.45, 2.75) is 0 Å². The van der Waals surface area contributed by atoms with E-state index in [0.717, 1.165) is 11.4 Å². The lowest BCUT2D eigenvalue weighted by Gasteiger charge is -2.07. The molecule has 1 aromatic carbocycles. The topological polar surface area (TPSA) is 58.8 Å². The molecule has 2 N–H and O–H groups in total. The normalized spacial score (nSPS) is 10.4. The van der Waals surface area contributed by atoms with Gasteiger partial charge in [0.1, 0.15) is 11.5 Å². The second-order valence-corrected chi connectivity index (χ2v) is 3.98. The van der Waals surface area contributed by atoms with Crippen molar-refractivity contribution in [2.24, 2.45) is 5.10 Å². The molecule has 0 fully saturated rings. The van der Waals surface area contributed by atoms with E-state index in [0.29, 0.717) is 10.9 Å². The van der Waals surface area contributed by atoms with Gasteiger partial charge in [-0.3, -0.25) is 5.43 Å². The Morgan fingerprint density at radius 1 is 1.32 bits per heavy atom. The van der Waals surface area contributed by atoms with Crippen LogP contribution in [0.4, 0.5) is 5.69 Å². The van der Waals surface area contributed by atoms with Crippen LogP contribution in [0.25, 0.3) is 0 Å². The number of hydrazone groups is 1. The fraction of sp³-hybridized carbons (Fsp3) is 0.0769. The molecule has 2 rings (SSSR count). The highest BCUT2D eigenvalue weighted by Crippen LogP contribution is 2.14. The molecular formula is C13H13N3O2S. The molecule has 98 valence electrons. The van der Waals surface area contributed by atoms with Crippen LogP contribution in [0.2, 0.25) is 0 Å². The summed E-state index contributed by atoms with van der Waals surface area (Å²) in [6, 6.07) is 11.0. The highest BCUT2D eigenvalue weighted by Gasteiger charge is 1.97. The van der Waals surface area contributed by atoms with Crippen LogP contribution in [0.5, 0.6) is 5.75 Å². The second-order valence-electron chi connectivity index (χ2n) is 3.57. The molecule has 0 aliphatic rings. The molecule has 0 spiro atoms. The molecule has 0 aliphatic heterocycles. The van der Waals surface area contributed by atoms with E-state index in [1.807, 2.05) is 24.3 Å². The summed E-state index contributed by atoms with van der Waals surface area (Å²) in [6.07, 6.45) is 3.12. The number of benzene rings is 1. The third-order valence-corrected chi connectivity index (χ3v) is 2.44. The third-order valence-electron chi connectivity index (χ3n) is 2.25. The van der Waals surface area contributed by atoms with Gasteiger partial charge in [0.05, 0.1) is 19.6 Å². The van der Waals surface area contributed by atoms with Gasteiger partial charge in [-0.2, -0.15) is 5.10 Å². The lowest BCUT2D eigenvalue weighted by Crippen LogP contribution is -2.23. The van der Waals surface area contributed by atoms with Gasteiger partial charge in [0.2, 0.25) is 0 Å². The van der Waals surface area contributed by atoms with Gasteiger partial charge in [-0.15, -0.1) is 0 Å². The van der Waals surface area contributed by atoms with Crippen LogP contribution in [0.3, 0.4) is 0 Å². The number of methoxy groups -OCH3 is 1. The smallest absolute Gasteiger partial charge is 0.191 e. The van der Waals surface area contributed by atoms with Crippen LogP contribution in [-0.4, -0.2) is 18.4 Å². The number of furan rings is 1. The number of anilines is 1. The largest absolute Gasteiger partial charge is 0.497 e. The predicted molar refractivity (Wildman–Crippen MR) is 78.7 cm³/mol. The molecule has 0 radical (unpaired) electrons. The predicted octanol–water partition coefficient (Wildman–Crippen LogP) is 2.61. The Morgan fingerprint density at radius 3 is 2.74 bits per heavy atom. The van der Waals surface area contributed by atoms with Crippen molar-refractivity contribution in [1.82, 2.24) is 5.43 Å². The molecule has 0 atom stereocenters. The van der Waals surface area contributed by atoms with Gasteiger partial charge in [-0.25, -0.2) is 0 Å². The minimum atomic E-state index is 0.396. The van der Waals surface area contributed by atoms with Gasteiger partial charge in [-0.05, 0) is 48.6 Å². The molecule has 0 saturated carbocycles. The van der Waals surface area contributed by atoms with Crippen LogP contribution in [0.1, 0.15) is 5.76 Å². The maximum absolute atomic E-state index is 5.09. The van der Waals surface area contributed by atoms with Crippen molar-refractivity contribution in [3.8, 4) is 5.75 Å².